The van der Waals surface area contributed by atoms with E-state index in [0.29, 0.717) is 6.42 Å². The summed E-state index contributed by atoms with van der Waals surface area (Å²) in [4.78, 5) is 26.4. The van der Waals surface area contributed by atoms with Gasteiger partial charge in [-0.3, -0.25) is 9.48 Å². The van der Waals surface area contributed by atoms with Crippen LogP contribution in [0.2, 0.25) is 0 Å². The second-order valence-electron chi connectivity index (χ2n) is 8.32. The molecule has 1 aliphatic rings. The van der Waals surface area contributed by atoms with E-state index in [0.717, 1.165) is 22.5 Å². The number of benzene rings is 1. The Morgan fingerprint density at radius 1 is 1.25 bits per heavy atom. The number of alkyl carbamates (subject to hydrolysis) is 1. The highest BCUT2D eigenvalue weighted by Gasteiger charge is 2.34. The van der Waals surface area contributed by atoms with Gasteiger partial charge in [-0.25, -0.2) is 4.79 Å². The number of amides is 2. The Labute approximate surface area is 165 Å². The SMILES string of the molecule is CC(=O)N1c2ccc(-c3ccn(C)n3)cc2[C@H](NC(=O)OC(C)(C)C)C[C@@H]1C. The summed E-state index contributed by atoms with van der Waals surface area (Å²) < 4.78 is 7.18. The molecule has 1 aromatic carbocycles. The number of aryl methyl sites for hydroxylation is 1. The Morgan fingerprint density at radius 2 is 1.96 bits per heavy atom. The van der Waals surface area contributed by atoms with Crippen molar-refractivity contribution in [2.75, 3.05) is 4.90 Å². The number of rotatable bonds is 2. The summed E-state index contributed by atoms with van der Waals surface area (Å²) in [6.07, 6.45) is 2.03. The molecule has 0 saturated heterocycles. The molecule has 0 radical (unpaired) electrons. The first-order valence-corrected chi connectivity index (χ1v) is 9.48. The molecular weight excluding hydrogens is 356 g/mol. The quantitative estimate of drug-likeness (QED) is 0.854. The van der Waals surface area contributed by atoms with E-state index in [-0.39, 0.29) is 18.0 Å². The topological polar surface area (TPSA) is 76.5 Å². The van der Waals surface area contributed by atoms with Crippen molar-refractivity contribution in [3.8, 4) is 11.3 Å². The lowest BCUT2D eigenvalue weighted by Crippen LogP contribution is -2.46. The number of nitrogens with zero attached hydrogens (tertiary/aromatic N) is 3. The largest absolute Gasteiger partial charge is 0.444 e. The molecule has 3 rings (SSSR count). The highest BCUT2D eigenvalue weighted by atomic mass is 16.6. The van der Waals surface area contributed by atoms with Gasteiger partial charge < -0.3 is 15.0 Å². The minimum atomic E-state index is -0.575. The first-order chi connectivity index (χ1) is 13.0. The molecule has 2 amide bonds. The molecule has 2 heterocycles. The molecule has 0 spiro atoms. The molecule has 2 atom stereocenters. The second-order valence-corrected chi connectivity index (χ2v) is 8.32. The number of carbonyl (C=O) groups excluding carboxylic acids is 2. The Bertz CT molecular complexity index is 897. The van der Waals surface area contributed by atoms with E-state index in [1.54, 1.807) is 16.5 Å². The first kappa shape index (κ1) is 19.9. The minimum absolute atomic E-state index is 0.0185. The van der Waals surface area contributed by atoms with Crippen LogP contribution in [0, 0.1) is 0 Å². The van der Waals surface area contributed by atoms with E-state index in [1.807, 2.05) is 65.2 Å². The van der Waals surface area contributed by atoms with Crippen molar-refractivity contribution in [3.05, 3.63) is 36.0 Å². The molecule has 0 aliphatic carbocycles. The van der Waals surface area contributed by atoms with Gasteiger partial charge in [0.05, 0.1) is 11.7 Å². The molecule has 1 aliphatic heterocycles. The van der Waals surface area contributed by atoms with E-state index < -0.39 is 11.7 Å². The van der Waals surface area contributed by atoms with Gasteiger partial charge in [-0.15, -0.1) is 0 Å². The van der Waals surface area contributed by atoms with Gasteiger partial charge >= 0.3 is 6.09 Å². The van der Waals surface area contributed by atoms with Gasteiger partial charge in [0.15, 0.2) is 0 Å². The molecule has 150 valence electrons. The number of fused-ring (bicyclic) bond motifs is 1. The molecule has 1 aromatic heterocycles. The molecule has 0 saturated carbocycles. The lowest BCUT2D eigenvalue weighted by molar-refractivity contribution is -0.117. The molecule has 1 N–H and O–H groups in total. The van der Waals surface area contributed by atoms with Crippen LogP contribution in [0.3, 0.4) is 0 Å². The van der Waals surface area contributed by atoms with E-state index in [4.69, 9.17) is 4.74 Å². The van der Waals surface area contributed by atoms with Crippen LogP contribution >= 0.6 is 0 Å². The fourth-order valence-electron chi connectivity index (χ4n) is 3.66. The average molecular weight is 384 g/mol. The smallest absolute Gasteiger partial charge is 0.408 e. The minimum Gasteiger partial charge on any atom is -0.444 e. The Balaban J connectivity index is 2.00. The third-order valence-corrected chi connectivity index (χ3v) is 4.72. The van der Waals surface area contributed by atoms with Gasteiger partial charge in [0.1, 0.15) is 5.60 Å². The molecular formula is C21H28N4O3. The van der Waals surface area contributed by atoms with E-state index in [1.165, 1.54) is 0 Å². The van der Waals surface area contributed by atoms with Crippen LogP contribution in [0.15, 0.2) is 30.5 Å². The van der Waals surface area contributed by atoms with Crippen LogP contribution in [-0.2, 0) is 16.6 Å². The predicted octanol–water partition coefficient (Wildman–Crippen LogP) is 3.80. The van der Waals surface area contributed by atoms with Gasteiger partial charge in [-0.2, -0.15) is 5.10 Å². The molecule has 0 unspecified atom stereocenters. The summed E-state index contributed by atoms with van der Waals surface area (Å²) in [5.41, 5.74) is 2.91. The number of carbonyl (C=O) groups is 2. The Hall–Kier alpha value is -2.83. The van der Waals surface area contributed by atoms with Crippen molar-refractivity contribution >= 4 is 17.7 Å². The highest BCUT2D eigenvalue weighted by molar-refractivity contribution is 5.94. The lowest BCUT2D eigenvalue weighted by atomic mass is 9.90. The van der Waals surface area contributed by atoms with Gasteiger partial charge in [-0.1, -0.05) is 6.07 Å². The monoisotopic (exact) mass is 384 g/mol. The number of aromatic nitrogens is 2. The maximum absolute atomic E-state index is 12.4. The maximum Gasteiger partial charge on any atom is 0.408 e. The van der Waals surface area contributed by atoms with Crippen molar-refractivity contribution < 1.29 is 14.3 Å². The number of hydrogen-bond acceptors (Lipinski definition) is 4. The number of hydrogen-bond donors (Lipinski definition) is 1. The third kappa shape index (κ3) is 4.18. The second kappa shape index (κ2) is 7.30. The standard InChI is InChI=1S/C21H28N4O3/c1-13-11-18(22-20(27)28-21(3,4)5)16-12-15(17-9-10-24(6)23-17)7-8-19(16)25(13)14(2)26/h7-10,12-13,18H,11H2,1-6H3,(H,22,27)/t13-,18+/m0/s1. The van der Waals surface area contributed by atoms with Crippen molar-refractivity contribution in [1.29, 1.82) is 0 Å². The fourth-order valence-corrected chi connectivity index (χ4v) is 3.66. The van der Waals surface area contributed by atoms with Crippen molar-refractivity contribution in [3.63, 3.8) is 0 Å². The van der Waals surface area contributed by atoms with Crippen LogP contribution in [0.1, 0.15) is 52.6 Å². The Kier molecular flexibility index (Phi) is 5.19. The summed E-state index contributed by atoms with van der Waals surface area (Å²) in [6.45, 7) is 9.05. The zero-order valence-electron chi connectivity index (χ0n) is 17.3. The first-order valence-electron chi connectivity index (χ1n) is 9.48. The summed E-state index contributed by atoms with van der Waals surface area (Å²) in [6, 6.07) is 7.54. The summed E-state index contributed by atoms with van der Waals surface area (Å²) in [7, 11) is 1.87. The zero-order chi connectivity index (χ0) is 20.6. The summed E-state index contributed by atoms with van der Waals surface area (Å²) >= 11 is 0. The molecule has 7 nitrogen and oxygen atoms in total. The molecule has 2 aromatic rings. The van der Waals surface area contributed by atoms with Crippen molar-refractivity contribution in [2.45, 2.75) is 58.7 Å². The van der Waals surface area contributed by atoms with Gasteiger partial charge in [0.2, 0.25) is 5.91 Å². The van der Waals surface area contributed by atoms with Crippen LogP contribution in [0.4, 0.5) is 10.5 Å². The van der Waals surface area contributed by atoms with Crippen LogP contribution in [0.25, 0.3) is 11.3 Å². The predicted molar refractivity (Wildman–Crippen MR) is 108 cm³/mol. The number of nitrogens with one attached hydrogen (secondary N) is 1. The van der Waals surface area contributed by atoms with Crippen LogP contribution in [0.5, 0.6) is 0 Å². The average Bonchev–Trinajstić information content (AvgIpc) is 2.98. The third-order valence-electron chi connectivity index (χ3n) is 4.72. The Morgan fingerprint density at radius 3 is 2.54 bits per heavy atom. The van der Waals surface area contributed by atoms with Gasteiger partial charge in [0, 0.05) is 37.5 Å². The molecule has 0 fully saturated rings. The molecule has 7 heteroatoms. The van der Waals surface area contributed by atoms with E-state index >= 15 is 0 Å². The fraction of sp³-hybridized carbons (Fsp3) is 0.476. The zero-order valence-corrected chi connectivity index (χ0v) is 17.3. The normalized spacial score (nSPS) is 19.1. The number of anilines is 1. The van der Waals surface area contributed by atoms with E-state index in [2.05, 4.69) is 10.4 Å². The maximum atomic E-state index is 12.4. The van der Waals surface area contributed by atoms with E-state index in [9.17, 15) is 9.59 Å². The molecule has 0 bridgehead atoms. The number of ether oxygens (including phenoxy) is 1. The van der Waals surface area contributed by atoms with Gasteiger partial charge in [-0.05, 0) is 57.9 Å². The summed E-state index contributed by atoms with van der Waals surface area (Å²) in [5, 5.41) is 7.44. The summed E-state index contributed by atoms with van der Waals surface area (Å²) in [5.74, 6) is -0.0185. The van der Waals surface area contributed by atoms with Crippen molar-refractivity contribution in [1.82, 2.24) is 15.1 Å². The van der Waals surface area contributed by atoms with Crippen molar-refractivity contribution in [2.24, 2.45) is 7.05 Å². The van der Waals surface area contributed by atoms with Crippen LogP contribution in [-0.4, -0.2) is 33.4 Å². The molecule has 28 heavy (non-hydrogen) atoms. The lowest BCUT2D eigenvalue weighted by Gasteiger charge is -2.39. The van der Waals surface area contributed by atoms with Crippen LogP contribution < -0.4 is 10.2 Å². The highest BCUT2D eigenvalue weighted by Crippen LogP contribution is 2.39. The van der Waals surface area contributed by atoms with Gasteiger partial charge in [0.25, 0.3) is 0 Å².